The summed E-state index contributed by atoms with van der Waals surface area (Å²) < 4.78 is 0. The van der Waals surface area contributed by atoms with Crippen LogP contribution in [0.1, 0.15) is 24.8 Å². The van der Waals surface area contributed by atoms with Gasteiger partial charge in [0.1, 0.15) is 4.99 Å². The minimum atomic E-state index is 0.422. The zero-order chi connectivity index (χ0) is 12.1. The molecule has 1 aliphatic heterocycles. The van der Waals surface area contributed by atoms with Gasteiger partial charge in [-0.3, -0.25) is 4.98 Å². The van der Waals surface area contributed by atoms with Gasteiger partial charge < -0.3 is 11.1 Å². The number of hydrogen-bond acceptors (Lipinski definition) is 4. The van der Waals surface area contributed by atoms with E-state index in [0.29, 0.717) is 10.2 Å². The minimum absolute atomic E-state index is 0.422. The van der Waals surface area contributed by atoms with E-state index in [9.17, 15) is 0 Å². The van der Waals surface area contributed by atoms with Crippen LogP contribution in [0.4, 0.5) is 5.69 Å². The molecule has 3 N–H and O–H groups in total. The summed E-state index contributed by atoms with van der Waals surface area (Å²) in [6, 6.07) is 1.86. The summed E-state index contributed by atoms with van der Waals surface area (Å²) >= 11 is 7.07. The fourth-order valence-corrected chi connectivity index (χ4v) is 3.36. The summed E-state index contributed by atoms with van der Waals surface area (Å²) in [5, 5.41) is 4.11. The van der Waals surface area contributed by atoms with E-state index in [4.69, 9.17) is 18.0 Å². The standard InChI is InChI=1S/C12H17N3S2/c13-12(16)10-4-5-14-8-11(10)15-7-9-3-1-2-6-17-9/h4-5,8-9,15H,1-3,6-7H2,(H2,13,16). The van der Waals surface area contributed by atoms with Crippen LogP contribution in [0.5, 0.6) is 0 Å². The molecule has 0 spiro atoms. The fourth-order valence-electron chi connectivity index (χ4n) is 1.94. The molecule has 0 aromatic carbocycles. The quantitative estimate of drug-likeness (QED) is 0.821. The van der Waals surface area contributed by atoms with Crippen molar-refractivity contribution in [3.63, 3.8) is 0 Å². The van der Waals surface area contributed by atoms with E-state index < -0.39 is 0 Å². The van der Waals surface area contributed by atoms with Crippen LogP contribution >= 0.6 is 24.0 Å². The van der Waals surface area contributed by atoms with Crippen LogP contribution < -0.4 is 11.1 Å². The number of thiocarbonyl (C=S) groups is 1. The van der Waals surface area contributed by atoms with Gasteiger partial charge in [-0.15, -0.1) is 0 Å². The highest BCUT2D eigenvalue weighted by molar-refractivity contribution is 7.99. The van der Waals surface area contributed by atoms with Crippen LogP contribution in [0.2, 0.25) is 0 Å². The van der Waals surface area contributed by atoms with E-state index in [1.165, 1.54) is 25.0 Å². The number of nitrogens with zero attached hydrogens (tertiary/aromatic N) is 1. The SMILES string of the molecule is NC(=S)c1ccncc1NCC1CCCCS1. The van der Waals surface area contributed by atoms with E-state index in [0.717, 1.165) is 17.8 Å². The summed E-state index contributed by atoms with van der Waals surface area (Å²) in [5.74, 6) is 1.28. The van der Waals surface area contributed by atoms with E-state index >= 15 is 0 Å². The molecular formula is C12H17N3S2. The maximum atomic E-state index is 5.68. The molecule has 1 aromatic heterocycles. The van der Waals surface area contributed by atoms with Crippen molar-refractivity contribution in [1.29, 1.82) is 0 Å². The van der Waals surface area contributed by atoms with Crippen molar-refractivity contribution in [2.24, 2.45) is 5.73 Å². The maximum Gasteiger partial charge on any atom is 0.106 e. The van der Waals surface area contributed by atoms with Gasteiger partial charge in [-0.1, -0.05) is 18.6 Å². The van der Waals surface area contributed by atoms with Gasteiger partial charge in [-0.2, -0.15) is 11.8 Å². The van der Waals surface area contributed by atoms with Crippen molar-refractivity contribution in [3.05, 3.63) is 24.0 Å². The molecule has 1 aliphatic rings. The van der Waals surface area contributed by atoms with Gasteiger partial charge >= 0.3 is 0 Å². The van der Waals surface area contributed by atoms with Crippen molar-refractivity contribution < 1.29 is 0 Å². The van der Waals surface area contributed by atoms with Crippen molar-refractivity contribution in [1.82, 2.24) is 4.98 Å². The first-order valence-electron chi connectivity index (χ1n) is 5.86. The second-order valence-electron chi connectivity index (χ2n) is 4.15. The molecule has 1 aromatic rings. The Kier molecular flexibility index (Phi) is 4.62. The number of thioether (sulfide) groups is 1. The molecule has 0 amide bonds. The van der Waals surface area contributed by atoms with Gasteiger partial charge in [-0.25, -0.2) is 0 Å². The lowest BCUT2D eigenvalue weighted by molar-refractivity contribution is 0.677. The maximum absolute atomic E-state index is 5.68. The smallest absolute Gasteiger partial charge is 0.106 e. The Morgan fingerprint density at radius 1 is 1.59 bits per heavy atom. The number of nitrogens with two attached hydrogens (primary N) is 1. The molecule has 17 heavy (non-hydrogen) atoms. The van der Waals surface area contributed by atoms with E-state index in [1.54, 1.807) is 12.4 Å². The van der Waals surface area contributed by atoms with Gasteiger partial charge in [-0.05, 0) is 24.7 Å². The second-order valence-corrected chi connectivity index (χ2v) is 6.00. The predicted octanol–water partition coefficient (Wildman–Crippen LogP) is 2.41. The van der Waals surface area contributed by atoms with Gasteiger partial charge in [0.2, 0.25) is 0 Å². The van der Waals surface area contributed by atoms with Crippen molar-refractivity contribution in [2.45, 2.75) is 24.5 Å². The zero-order valence-electron chi connectivity index (χ0n) is 9.69. The largest absolute Gasteiger partial charge is 0.389 e. The third kappa shape index (κ3) is 3.57. The third-order valence-electron chi connectivity index (χ3n) is 2.88. The lowest BCUT2D eigenvalue weighted by atomic mass is 10.1. The Balaban J connectivity index is 1.96. The molecule has 92 valence electrons. The summed E-state index contributed by atoms with van der Waals surface area (Å²) in [7, 11) is 0. The molecule has 1 saturated heterocycles. The highest BCUT2D eigenvalue weighted by Gasteiger charge is 2.14. The fraction of sp³-hybridized carbons (Fsp3) is 0.500. The number of anilines is 1. The lowest BCUT2D eigenvalue weighted by Crippen LogP contribution is -2.22. The van der Waals surface area contributed by atoms with Crippen LogP contribution in [-0.4, -0.2) is 27.5 Å². The van der Waals surface area contributed by atoms with Crippen molar-refractivity contribution in [2.75, 3.05) is 17.6 Å². The molecule has 1 fully saturated rings. The zero-order valence-corrected chi connectivity index (χ0v) is 11.3. The Morgan fingerprint density at radius 3 is 3.18 bits per heavy atom. The van der Waals surface area contributed by atoms with Crippen molar-refractivity contribution in [3.8, 4) is 0 Å². The average molecular weight is 267 g/mol. The van der Waals surface area contributed by atoms with Gasteiger partial charge in [0.25, 0.3) is 0 Å². The summed E-state index contributed by atoms with van der Waals surface area (Å²) in [6.07, 6.45) is 7.50. The first-order chi connectivity index (χ1) is 8.27. The Morgan fingerprint density at radius 2 is 2.47 bits per heavy atom. The van der Waals surface area contributed by atoms with E-state index in [2.05, 4.69) is 10.3 Å². The lowest BCUT2D eigenvalue weighted by Gasteiger charge is -2.22. The molecular weight excluding hydrogens is 250 g/mol. The molecule has 3 nitrogen and oxygen atoms in total. The van der Waals surface area contributed by atoms with Crippen LogP contribution in [0.15, 0.2) is 18.5 Å². The number of hydrogen-bond donors (Lipinski definition) is 2. The van der Waals surface area contributed by atoms with E-state index in [1.807, 2.05) is 17.8 Å². The molecule has 5 heteroatoms. The number of rotatable bonds is 4. The van der Waals surface area contributed by atoms with Gasteiger partial charge in [0, 0.05) is 23.6 Å². The molecule has 0 radical (unpaired) electrons. The Hall–Kier alpha value is -0.810. The van der Waals surface area contributed by atoms with Crippen LogP contribution in [0, 0.1) is 0 Å². The summed E-state index contributed by atoms with van der Waals surface area (Å²) in [5.41, 5.74) is 7.52. The molecule has 1 atom stereocenters. The molecule has 0 bridgehead atoms. The average Bonchev–Trinajstić information content (AvgIpc) is 2.38. The topological polar surface area (TPSA) is 50.9 Å². The first kappa shape index (κ1) is 12.6. The van der Waals surface area contributed by atoms with Crippen LogP contribution in [0.25, 0.3) is 0 Å². The van der Waals surface area contributed by atoms with Crippen LogP contribution in [-0.2, 0) is 0 Å². The number of aromatic nitrogens is 1. The number of nitrogens with one attached hydrogen (secondary N) is 1. The monoisotopic (exact) mass is 267 g/mol. The molecule has 0 aliphatic carbocycles. The van der Waals surface area contributed by atoms with Crippen molar-refractivity contribution >= 4 is 34.7 Å². The van der Waals surface area contributed by atoms with E-state index in [-0.39, 0.29) is 0 Å². The predicted molar refractivity (Wildman–Crippen MR) is 78.7 cm³/mol. The third-order valence-corrected chi connectivity index (χ3v) is 4.50. The highest BCUT2D eigenvalue weighted by atomic mass is 32.2. The van der Waals surface area contributed by atoms with Gasteiger partial charge in [0.05, 0.1) is 11.9 Å². The summed E-state index contributed by atoms with van der Waals surface area (Å²) in [4.78, 5) is 4.53. The molecule has 2 heterocycles. The van der Waals surface area contributed by atoms with Crippen LogP contribution in [0.3, 0.4) is 0 Å². The Labute approximate surface area is 112 Å². The first-order valence-corrected chi connectivity index (χ1v) is 7.32. The Bertz CT molecular complexity index is 389. The van der Waals surface area contributed by atoms with Gasteiger partial charge in [0.15, 0.2) is 0 Å². The minimum Gasteiger partial charge on any atom is -0.389 e. The molecule has 2 rings (SSSR count). The normalized spacial score (nSPS) is 19.9. The molecule has 0 saturated carbocycles. The highest BCUT2D eigenvalue weighted by Crippen LogP contribution is 2.25. The molecule has 1 unspecified atom stereocenters. The second kappa shape index (κ2) is 6.21. The summed E-state index contributed by atoms with van der Waals surface area (Å²) in [6.45, 7) is 0.964. The number of pyridine rings is 1.